The third-order valence-corrected chi connectivity index (χ3v) is 3.64. The summed E-state index contributed by atoms with van der Waals surface area (Å²) >= 11 is 1.54. The van der Waals surface area contributed by atoms with Gasteiger partial charge in [-0.1, -0.05) is 12.1 Å². The van der Waals surface area contributed by atoms with Crippen LogP contribution < -0.4 is 0 Å². The van der Waals surface area contributed by atoms with Gasteiger partial charge in [0.25, 0.3) is 0 Å². The van der Waals surface area contributed by atoms with Gasteiger partial charge in [0.2, 0.25) is 9.05 Å². The van der Waals surface area contributed by atoms with Gasteiger partial charge in [-0.25, -0.2) is 12.8 Å². The minimum absolute atomic E-state index is 0.331. The summed E-state index contributed by atoms with van der Waals surface area (Å²) in [5.74, 6) is -0.687. The number of rotatable bonds is 4. The van der Waals surface area contributed by atoms with E-state index in [1.807, 2.05) is 6.26 Å². The van der Waals surface area contributed by atoms with Crippen molar-refractivity contribution in [3.05, 3.63) is 29.8 Å². The molecule has 0 aliphatic carbocycles. The predicted molar refractivity (Wildman–Crippen MR) is 61.7 cm³/mol. The van der Waals surface area contributed by atoms with Crippen molar-refractivity contribution in [1.29, 1.82) is 0 Å². The summed E-state index contributed by atoms with van der Waals surface area (Å²) in [5, 5.41) is 0. The van der Waals surface area contributed by atoms with Gasteiger partial charge < -0.3 is 0 Å². The van der Waals surface area contributed by atoms with Crippen LogP contribution in [0.2, 0.25) is 0 Å². The van der Waals surface area contributed by atoms with Crippen molar-refractivity contribution in [3.63, 3.8) is 0 Å². The van der Waals surface area contributed by atoms with E-state index in [0.29, 0.717) is 5.56 Å². The molecule has 1 rings (SSSR count). The highest BCUT2D eigenvalue weighted by Crippen LogP contribution is 2.23. The zero-order valence-electron chi connectivity index (χ0n) is 7.98. The molecule has 0 amide bonds. The van der Waals surface area contributed by atoms with Crippen molar-refractivity contribution in [1.82, 2.24) is 0 Å². The number of thioether (sulfide) groups is 1. The molecule has 0 fully saturated rings. The second-order valence-corrected chi connectivity index (χ2v) is 6.65. The van der Waals surface area contributed by atoms with Crippen molar-refractivity contribution in [2.75, 3.05) is 12.0 Å². The SMILES string of the molecule is CSc1ccc(C(F)CS(=O)(=O)Cl)cc1. The Balaban J connectivity index is 2.78. The summed E-state index contributed by atoms with van der Waals surface area (Å²) in [7, 11) is 1.17. The minimum Gasteiger partial charge on any atom is -0.241 e. The largest absolute Gasteiger partial charge is 0.241 e. The lowest BCUT2D eigenvalue weighted by atomic mass is 10.1. The van der Waals surface area contributed by atoms with Crippen LogP contribution in [0.3, 0.4) is 0 Å². The molecule has 1 aromatic carbocycles. The molecule has 0 aliphatic heterocycles. The van der Waals surface area contributed by atoms with Crippen LogP contribution in [0, 0.1) is 0 Å². The van der Waals surface area contributed by atoms with Gasteiger partial charge >= 0.3 is 0 Å². The fourth-order valence-electron chi connectivity index (χ4n) is 1.08. The normalized spacial score (nSPS) is 13.8. The molecule has 0 saturated heterocycles. The Bertz CT molecular complexity index is 416. The average Bonchev–Trinajstić information content (AvgIpc) is 2.15. The first kappa shape index (κ1) is 12.8. The quantitative estimate of drug-likeness (QED) is 0.622. The highest BCUT2D eigenvalue weighted by Gasteiger charge is 2.17. The monoisotopic (exact) mass is 268 g/mol. The molecule has 1 aromatic rings. The molecule has 6 heteroatoms. The van der Waals surface area contributed by atoms with Crippen molar-refractivity contribution < 1.29 is 12.8 Å². The molecule has 2 nitrogen and oxygen atoms in total. The molecule has 0 radical (unpaired) electrons. The van der Waals surface area contributed by atoms with Crippen LogP contribution in [0.25, 0.3) is 0 Å². The number of halogens is 2. The summed E-state index contributed by atoms with van der Waals surface area (Å²) in [6, 6.07) is 6.62. The highest BCUT2D eigenvalue weighted by molar-refractivity contribution is 8.13. The van der Waals surface area contributed by atoms with Crippen molar-refractivity contribution in [2.45, 2.75) is 11.1 Å². The summed E-state index contributed by atoms with van der Waals surface area (Å²) in [6.07, 6.45) is 0.342. The van der Waals surface area contributed by atoms with Crippen molar-refractivity contribution in [2.24, 2.45) is 0 Å². The molecule has 0 aliphatic rings. The van der Waals surface area contributed by atoms with Crippen LogP contribution in [-0.4, -0.2) is 20.4 Å². The molecule has 1 atom stereocenters. The van der Waals surface area contributed by atoms with E-state index in [0.717, 1.165) is 4.90 Å². The molecule has 0 bridgehead atoms. The Morgan fingerprint density at radius 2 is 1.93 bits per heavy atom. The Morgan fingerprint density at radius 1 is 1.40 bits per heavy atom. The van der Waals surface area contributed by atoms with Crippen LogP contribution >= 0.6 is 22.4 Å². The third kappa shape index (κ3) is 4.40. The number of benzene rings is 1. The fourth-order valence-corrected chi connectivity index (χ4v) is 2.37. The van der Waals surface area contributed by atoms with E-state index in [4.69, 9.17) is 10.7 Å². The Hall–Kier alpha value is -0.260. The first-order chi connectivity index (χ1) is 6.92. The summed E-state index contributed by atoms with van der Waals surface area (Å²) in [5.41, 5.74) is 0.331. The zero-order chi connectivity index (χ0) is 11.5. The van der Waals surface area contributed by atoms with Crippen LogP contribution in [0.1, 0.15) is 11.7 Å². The summed E-state index contributed by atoms with van der Waals surface area (Å²) in [6.45, 7) is 0. The molecule has 84 valence electrons. The molecule has 15 heavy (non-hydrogen) atoms. The van der Waals surface area contributed by atoms with E-state index in [9.17, 15) is 12.8 Å². The number of alkyl halides is 1. The lowest BCUT2D eigenvalue weighted by Crippen LogP contribution is -2.05. The Kier molecular flexibility index (Phi) is 4.43. The molecule has 0 spiro atoms. The minimum atomic E-state index is -3.80. The molecule has 1 unspecified atom stereocenters. The van der Waals surface area contributed by atoms with Crippen LogP contribution in [0.4, 0.5) is 4.39 Å². The van der Waals surface area contributed by atoms with Gasteiger partial charge in [0.1, 0.15) is 11.9 Å². The van der Waals surface area contributed by atoms with Gasteiger partial charge in [0, 0.05) is 15.6 Å². The van der Waals surface area contributed by atoms with Gasteiger partial charge in [-0.3, -0.25) is 0 Å². The standard InChI is InChI=1S/C9H10ClFO2S2/c1-14-8-4-2-7(3-5-8)9(11)6-15(10,12)13/h2-5,9H,6H2,1H3. The van der Waals surface area contributed by atoms with E-state index >= 15 is 0 Å². The number of hydrogen-bond donors (Lipinski definition) is 0. The lowest BCUT2D eigenvalue weighted by molar-refractivity contribution is 0.375. The maximum Gasteiger partial charge on any atom is 0.235 e. The Labute approximate surface area is 97.2 Å². The van der Waals surface area contributed by atoms with Gasteiger partial charge in [0.15, 0.2) is 0 Å². The van der Waals surface area contributed by atoms with Crippen LogP contribution in [-0.2, 0) is 9.05 Å². The van der Waals surface area contributed by atoms with Gasteiger partial charge in [0.05, 0.1) is 0 Å². The molecule has 0 heterocycles. The number of hydrogen-bond acceptors (Lipinski definition) is 3. The highest BCUT2D eigenvalue weighted by atomic mass is 35.7. The van der Waals surface area contributed by atoms with Gasteiger partial charge in [-0.15, -0.1) is 11.8 Å². The molecule has 0 N–H and O–H groups in total. The van der Waals surface area contributed by atoms with Gasteiger partial charge in [-0.05, 0) is 24.0 Å². The smallest absolute Gasteiger partial charge is 0.235 e. The van der Waals surface area contributed by atoms with E-state index in [-0.39, 0.29) is 0 Å². The average molecular weight is 269 g/mol. The maximum atomic E-state index is 13.4. The summed E-state index contributed by atoms with van der Waals surface area (Å²) in [4.78, 5) is 1.000. The molecule has 0 saturated carbocycles. The second-order valence-electron chi connectivity index (χ2n) is 2.95. The van der Waals surface area contributed by atoms with Gasteiger partial charge in [-0.2, -0.15) is 0 Å². The van der Waals surface area contributed by atoms with E-state index in [1.165, 1.54) is 11.8 Å². The maximum absolute atomic E-state index is 13.4. The fraction of sp³-hybridized carbons (Fsp3) is 0.333. The predicted octanol–water partition coefficient (Wildman–Crippen LogP) is 2.99. The van der Waals surface area contributed by atoms with E-state index in [1.54, 1.807) is 24.3 Å². The van der Waals surface area contributed by atoms with Crippen molar-refractivity contribution >= 4 is 31.5 Å². The van der Waals surface area contributed by atoms with Crippen LogP contribution in [0.15, 0.2) is 29.2 Å². The van der Waals surface area contributed by atoms with E-state index < -0.39 is 21.0 Å². The van der Waals surface area contributed by atoms with Crippen molar-refractivity contribution in [3.8, 4) is 0 Å². The molecular weight excluding hydrogens is 259 g/mol. The van der Waals surface area contributed by atoms with Crippen LogP contribution in [0.5, 0.6) is 0 Å². The summed E-state index contributed by atoms with van der Waals surface area (Å²) < 4.78 is 34.7. The Morgan fingerprint density at radius 3 is 2.33 bits per heavy atom. The second kappa shape index (κ2) is 5.18. The lowest BCUT2D eigenvalue weighted by Gasteiger charge is -2.06. The van der Waals surface area contributed by atoms with E-state index in [2.05, 4.69) is 0 Å². The first-order valence-corrected chi connectivity index (χ1v) is 7.83. The zero-order valence-corrected chi connectivity index (χ0v) is 10.4. The topological polar surface area (TPSA) is 34.1 Å². The molecule has 0 aromatic heterocycles. The molecular formula is C9H10ClFO2S2. The first-order valence-electron chi connectivity index (χ1n) is 4.13. The third-order valence-electron chi connectivity index (χ3n) is 1.82.